The van der Waals surface area contributed by atoms with Crippen LogP contribution in [0.5, 0.6) is 0 Å². The quantitative estimate of drug-likeness (QED) is 0.648. The molecule has 5 heterocycles. The number of nitrogens with zero attached hydrogens (tertiary/aromatic N) is 5. The van der Waals surface area contributed by atoms with Crippen LogP contribution < -0.4 is 11.1 Å². The fraction of sp³-hybridized carbons (Fsp3) is 0.333. The molecule has 0 saturated carbocycles. The van der Waals surface area contributed by atoms with E-state index in [1.807, 2.05) is 16.8 Å². The predicted molar refractivity (Wildman–Crippen MR) is 109 cm³/mol. The van der Waals surface area contributed by atoms with Gasteiger partial charge in [-0.15, -0.1) is 0 Å². The van der Waals surface area contributed by atoms with Gasteiger partial charge in [-0.05, 0) is 30.2 Å². The van der Waals surface area contributed by atoms with Crippen molar-refractivity contribution in [2.45, 2.75) is 31.1 Å². The largest absolute Gasteiger partial charge is 0.419 e. The standard InChI is InChI=1S/C21H20F3N7O/c22-21(23,24)15-6-14(10-27-18(15)25)16-7-17-20(3-5-31(17)29-16)11-30(12-20)19(32)28-9-13-2-1-4-26-8-13/h1-2,4,6-8,10H,3,5,9,11-12H2,(H2,25,27)(H,28,32). The Hall–Kier alpha value is -3.63. The second kappa shape index (κ2) is 7.21. The SMILES string of the molecule is Nc1ncc(-c2cc3n(n2)CCC32CN(C(=O)NCc3cccnc3)C2)cc1C(F)(F)F. The minimum atomic E-state index is -4.59. The van der Waals surface area contributed by atoms with Gasteiger partial charge in [0.05, 0.1) is 11.3 Å². The number of halogens is 3. The molecule has 3 aromatic heterocycles. The molecule has 11 heteroatoms. The van der Waals surface area contributed by atoms with E-state index in [0.717, 1.165) is 23.7 Å². The fourth-order valence-corrected chi connectivity index (χ4v) is 4.39. The van der Waals surface area contributed by atoms with E-state index in [2.05, 4.69) is 20.4 Å². The Morgan fingerprint density at radius 1 is 1.25 bits per heavy atom. The number of likely N-dealkylation sites (tertiary alicyclic amines) is 1. The molecule has 0 bridgehead atoms. The Balaban J connectivity index is 1.30. The Bertz CT molecular complexity index is 1170. The number of fused-ring (bicyclic) bond motifs is 2. The Labute approximate surface area is 181 Å². The van der Waals surface area contributed by atoms with Crippen molar-refractivity contribution in [2.24, 2.45) is 0 Å². The maximum Gasteiger partial charge on any atom is 0.419 e. The van der Waals surface area contributed by atoms with Gasteiger partial charge in [-0.1, -0.05) is 6.07 Å². The number of aromatic nitrogens is 4. The smallest absolute Gasteiger partial charge is 0.383 e. The van der Waals surface area contributed by atoms with Crippen molar-refractivity contribution in [3.8, 4) is 11.3 Å². The summed E-state index contributed by atoms with van der Waals surface area (Å²) in [7, 11) is 0. The van der Waals surface area contributed by atoms with Crippen molar-refractivity contribution in [2.75, 3.05) is 18.8 Å². The van der Waals surface area contributed by atoms with Gasteiger partial charge in [0.25, 0.3) is 0 Å². The molecular formula is C21H20F3N7O. The van der Waals surface area contributed by atoms with Crippen molar-refractivity contribution in [1.82, 2.24) is 30.0 Å². The van der Waals surface area contributed by atoms with Crippen molar-refractivity contribution in [1.29, 1.82) is 0 Å². The molecule has 2 aliphatic rings. The molecular weight excluding hydrogens is 423 g/mol. The fourth-order valence-electron chi connectivity index (χ4n) is 4.39. The minimum Gasteiger partial charge on any atom is -0.383 e. The maximum atomic E-state index is 13.2. The van der Waals surface area contributed by atoms with E-state index in [0.29, 0.717) is 31.9 Å². The number of nitrogens with two attached hydrogens (primary N) is 1. The number of hydrogen-bond donors (Lipinski definition) is 2. The predicted octanol–water partition coefficient (Wildman–Crippen LogP) is 2.81. The number of nitrogen functional groups attached to an aromatic ring is 1. The summed E-state index contributed by atoms with van der Waals surface area (Å²) in [4.78, 5) is 21.9. The van der Waals surface area contributed by atoms with E-state index in [1.54, 1.807) is 23.4 Å². The lowest BCUT2D eigenvalue weighted by molar-refractivity contribution is -0.137. The number of aryl methyl sites for hydroxylation is 1. The summed E-state index contributed by atoms with van der Waals surface area (Å²) < 4.78 is 41.4. The molecule has 0 radical (unpaired) electrons. The van der Waals surface area contributed by atoms with E-state index >= 15 is 0 Å². The van der Waals surface area contributed by atoms with Crippen LogP contribution >= 0.6 is 0 Å². The van der Waals surface area contributed by atoms with E-state index in [4.69, 9.17) is 5.73 Å². The number of urea groups is 1. The second-order valence-electron chi connectivity index (χ2n) is 8.20. The normalized spacial score (nSPS) is 16.7. The van der Waals surface area contributed by atoms with E-state index in [-0.39, 0.29) is 17.0 Å². The van der Waals surface area contributed by atoms with Crippen molar-refractivity contribution in [3.05, 3.63) is 59.7 Å². The molecule has 0 aliphatic carbocycles. The Morgan fingerprint density at radius 3 is 2.78 bits per heavy atom. The number of nitrogens with one attached hydrogen (secondary N) is 1. The van der Waals surface area contributed by atoms with Gasteiger partial charge in [0.1, 0.15) is 5.82 Å². The average molecular weight is 443 g/mol. The van der Waals surface area contributed by atoms with Gasteiger partial charge in [0.2, 0.25) is 0 Å². The first-order valence-corrected chi connectivity index (χ1v) is 10.1. The van der Waals surface area contributed by atoms with E-state index in [1.165, 1.54) is 6.20 Å². The first-order chi connectivity index (χ1) is 15.2. The average Bonchev–Trinajstić information content (AvgIpc) is 3.30. The van der Waals surface area contributed by atoms with Gasteiger partial charge >= 0.3 is 12.2 Å². The zero-order chi connectivity index (χ0) is 22.5. The maximum absolute atomic E-state index is 13.2. The minimum absolute atomic E-state index is 0.157. The molecule has 3 aromatic rings. The zero-order valence-corrected chi connectivity index (χ0v) is 16.9. The highest BCUT2D eigenvalue weighted by atomic mass is 19.4. The lowest BCUT2D eigenvalue weighted by atomic mass is 9.76. The molecule has 0 aromatic carbocycles. The van der Waals surface area contributed by atoms with Crippen LogP contribution in [0.2, 0.25) is 0 Å². The van der Waals surface area contributed by atoms with Crippen molar-refractivity contribution < 1.29 is 18.0 Å². The van der Waals surface area contributed by atoms with Gasteiger partial charge in [-0.25, -0.2) is 9.78 Å². The number of carbonyl (C=O) groups excluding carboxylic acids is 1. The first kappa shape index (κ1) is 20.3. The number of anilines is 1. The topological polar surface area (TPSA) is 102 Å². The molecule has 1 fully saturated rings. The molecule has 166 valence electrons. The molecule has 2 amide bonds. The molecule has 0 unspecified atom stereocenters. The Kier molecular flexibility index (Phi) is 4.57. The van der Waals surface area contributed by atoms with Crippen LogP contribution in [-0.2, 0) is 24.7 Å². The third kappa shape index (κ3) is 3.43. The van der Waals surface area contributed by atoms with Crippen LogP contribution in [0.4, 0.5) is 23.8 Å². The molecule has 8 nitrogen and oxygen atoms in total. The third-order valence-electron chi connectivity index (χ3n) is 6.09. The molecule has 1 saturated heterocycles. The van der Waals surface area contributed by atoms with Crippen LogP contribution in [0.25, 0.3) is 11.3 Å². The summed E-state index contributed by atoms with van der Waals surface area (Å²) in [5, 5.41) is 7.37. The van der Waals surface area contributed by atoms with Crippen LogP contribution in [0.3, 0.4) is 0 Å². The highest BCUT2D eigenvalue weighted by molar-refractivity contribution is 5.76. The molecule has 32 heavy (non-hydrogen) atoms. The van der Waals surface area contributed by atoms with Crippen LogP contribution in [0, 0.1) is 0 Å². The lowest BCUT2D eigenvalue weighted by Crippen LogP contribution is -2.62. The van der Waals surface area contributed by atoms with Crippen molar-refractivity contribution >= 4 is 11.8 Å². The van der Waals surface area contributed by atoms with Crippen LogP contribution in [-0.4, -0.2) is 43.8 Å². The monoisotopic (exact) mass is 443 g/mol. The lowest BCUT2D eigenvalue weighted by Gasteiger charge is -2.47. The van der Waals surface area contributed by atoms with Crippen LogP contribution in [0.15, 0.2) is 42.9 Å². The first-order valence-electron chi connectivity index (χ1n) is 10.1. The van der Waals surface area contributed by atoms with E-state index < -0.39 is 17.6 Å². The summed E-state index contributed by atoms with van der Waals surface area (Å²) in [5.41, 5.74) is 6.71. The molecule has 0 atom stereocenters. The van der Waals surface area contributed by atoms with Gasteiger partial charge in [-0.2, -0.15) is 18.3 Å². The van der Waals surface area contributed by atoms with E-state index in [9.17, 15) is 18.0 Å². The summed E-state index contributed by atoms with van der Waals surface area (Å²) >= 11 is 0. The summed E-state index contributed by atoms with van der Waals surface area (Å²) in [6, 6.07) is 6.32. The van der Waals surface area contributed by atoms with Gasteiger partial charge in [-0.3, -0.25) is 9.67 Å². The number of pyridine rings is 2. The number of hydrogen-bond acceptors (Lipinski definition) is 5. The zero-order valence-electron chi connectivity index (χ0n) is 16.9. The second-order valence-corrected chi connectivity index (χ2v) is 8.20. The highest BCUT2D eigenvalue weighted by Gasteiger charge is 2.51. The molecule has 5 rings (SSSR count). The number of alkyl halides is 3. The van der Waals surface area contributed by atoms with Crippen LogP contribution in [0.1, 0.15) is 23.2 Å². The van der Waals surface area contributed by atoms with Gasteiger partial charge in [0, 0.05) is 61.4 Å². The molecule has 3 N–H and O–H groups in total. The summed E-state index contributed by atoms with van der Waals surface area (Å²) in [5.74, 6) is -0.559. The number of amides is 2. The Morgan fingerprint density at radius 2 is 2.06 bits per heavy atom. The number of carbonyl (C=O) groups is 1. The van der Waals surface area contributed by atoms with Gasteiger partial charge < -0.3 is 16.0 Å². The third-order valence-corrected chi connectivity index (χ3v) is 6.09. The number of rotatable bonds is 3. The summed E-state index contributed by atoms with van der Waals surface area (Å²) in [6.45, 7) is 2.11. The molecule has 2 aliphatic heterocycles. The molecule has 1 spiro atoms. The van der Waals surface area contributed by atoms with Crippen molar-refractivity contribution in [3.63, 3.8) is 0 Å². The summed E-state index contributed by atoms with van der Waals surface area (Å²) in [6.07, 6.45) is 0.913. The highest BCUT2D eigenvalue weighted by Crippen LogP contribution is 2.44. The van der Waals surface area contributed by atoms with Gasteiger partial charge in [0.15, 0.2) is 0 Å².